The van der Waals surface area contributed by atoms with E-state index in [0.29, 0.717) is 0 Å². The normalized spacial score (nSPS) is 9.73. The number of halogens is 1. The Kier molecular flexibility index (Phi) is 9.93. The summed E-state index contributed by atoms with van der Waals surface area (Å²) in [7, 11) is 4.43. The van der Waals surface area contributed by atoms with Gasteiger partial charge in [-0.05, 0) is 11.6 Å². The minimum Gasteiger partial charge on any atom is -1.00 e. The second kappa shape index (κ2) is 10.8. The zero-order chi connectivity index (χ0) is 15.6. The Labute approximate surface area is 141 Å². The predicted molar refractivity (Wildman–Crippen MR) is 93.9 cm³/mol. The summed E-state index contributed by atoms with van der Waals surface area (Å²) in [6.07, 6.45) is 3.81. The number of hydrogen-bond donors (Lipinski definition) is 0. The Morgan fingerprint density at radius 3 is 1.77 bits per heavy atom. The third kappa shape index (κ3) is 8.46. The molecule has 2 aromatic rings. The highest BCUT2D eigenvalue weighted by molar-refractivity contribution is 5.45. The van der Waals surface area contributed by atoms with Gasteiger partial charge in [-0.2, -0.15) is 0 Å². The van der Waals surface area contributed by atoms with Crippen LogP contribution in [0.15, 0.2) is 79.9 Å². The molecule has 0 saturated heterocycles. The van der Waals surface area contributed by atoms with E-state index in [9.17, 15) is 0 Å². The van der Waals surface area contributed by atoms with Crippen LogP contribution in [0.5, 0.6) is 0 Å². The van der Waals surface area contributed by atoms with Gasteiger partial charge in [0.15, 0.2) is 0 Å². The number of nitrogens with zero attached hydrogens (tertiary/aromatic N) is 1. The molecule has 0 atom stereocenters. The van der Waals surface area contributed by atoms with Crippen molar-refractivity contribution in [3.8, 4) is 0 Å². The van der Waals surface area contributed by atoms with Crippen LogP contribution in [0.3, 0.4) is 0 Å². The Morgan fingerprint density at radius 2 is 1.36 bits per heavy atom. The Bertz CT molecular complexity index is 532. The van der Waals surface area contributed by atoms with E-state index in [1.807, 2.05) is 42.5 Å². The van der Waals surface area contributed by atoms with Crippen molar-refractivity contribution in [3.63, 3.8) is 0 Å². The molecule has 1 nitrogen and oxygen atoms in total. The van der Waals surface area contributed by atoms with Gasteiger partial charge in [0.2, 0.25) is 0 Å². The molecule has 0 spiro atoms. The highest BCUT2D eigenvalue weighted by atomic mass is 35.5. The first kappa shape index (κ1) is 20.2. The molecular weight excluding hydrogens is 290 g/mol. The van der Waals surface area contributed by atoms with Crippen molar-refractivity contribution < 1.29 is 16.9 Å². The van der Waals surface area contributed by atoms with E-state index in [2.05, 4.69) is 57.6 Å². The molecule has 0 unspecified atom stereocenters. The highest BCUT2D eigenvalue weighted by Crippen LogP contribution is 2.08. The smallest absolute Gasteiger partial charge is 0.104 e. The van der Waals surface area contributed by atoms with Gasteiger partial charge in [0.25, 0.3) is 0 Å². The Hall–Kier alpha value is -1.83. The second-order valence-corrected chi connectivity index (χ2v) is 5.67. The van der Waals surface area contributed by atoms with Crippen LogP contribution in [0.2, 0.25) is 0 Å². The fourth-order valence-corrected chi connectivity index (χ4v) is 2.08. The van der Waals surface area contributed by atoms with E-state index < -0.39 is 0 Å². The minimum atomic E-state index is 0. The van der Waals surface area contributed by atoms with Crippen LogP contribution in [-0.4, -0.2) is 25.1 Å². The number of hydrogen-bond acceptors (Lipinski definition) is 0. The number of quaternary nitrogens is 1. The molecule has 118 valence electrons. The fraction of sp³-hybridized carbons (Fsp3) is 0.200. The lowest BCUT2D eigenvalue weighted by Gasteiger charge is -2.28. The maximum atomic E-state index is 3.77. The minimum absolute atomic E-state index is 0. The quantitative estimate of drug-likeness (QED) is 0.583. The number of benzene rings is 2. The van der Waals surface area contributed by atoms with E-state index >= 15 is 0 Å². The van der Waals surface area contributed by atoms with Gasteiger partial charge in [-0.3, -0.25) is 0 Å². The van der Waals surface area contributed by atoms with Crippen molar-refractivity contribution in [2.24, 2.45) is 0 Å². The van der Waals surface area contributed by atoms with E-state index in [4.69, 9.17) is 0 Å². The van der Waals surface area contributed by atoms with Crippen molar-refractivity contribution in [1.29, 1.82) is 0 Å². The van der Waals surface area contributed by atoms with Crippen molar-refractivity contribution in [3.05, 3.63) is 91.0 Å². The first-order chi connectivity index (χ1) is 10.1. The largest absolute Gasteiger partial charge is 1.00 e. The fourth-order valence-electron chi connectivity index (χ4n) is 2.08. The lowest BCUT2D eigenvalue weighted by atomic mass is 10.2. The molecule has 0 amide bonds. The van der Waals surface area contributed by atoms with E-state index in [-0.39, 0.29) is 12.4 Å². The van der Waals surface area contributed by atoms with Crippen molar-refractivity contribution in [2.75, 3.05) is 20.6 Å². The summed E-state index contributed by atoms with van der Waals surface area (Å²) in [5, 5.41) is 0. The SMILES string of the molecule is C=CC[N+](C)(C)Cc1ccccc1.C=Cc1ccccc1.[Cl-]. The van der Waals surface area contributed by atoms with Gasteiger partial charge >= 0.3 is 0 Å². The molecule has 0 heterocycles. The monoisotopic (exact) mass is 315 g/mol. The molecule has 0 aliphatic carbocycles. The summed E-state index contributed by atoms with van der Waals surface area (Å²) in [5.41, 5.74) is 2.56. The maximum Gasteiger partial charge on any atom is 0.104 e. The molecule has 0 saturated carbocycles. The van der Waals surface area contributed by atoms with Crippen LogP contribution < -0.4 is 12.4 Å². The summed E-state index contributed by atoms with van der Waals surface area (Å²) in [6, 6.07) is 20.6. The molecule has 0 aromatic heterocycles. The molecular formula is C20H26ClN. The molecule has 0 radical (unpaired) electrons. The van der Waals surface area contributed by atoms with Gasteiger partial charge in [0, 0.05) is 5.56 Å². The van der Waals surface area contributed by atoms with E-state index in [1.54, 1.807) is 0 Å². The van der Waals surface area contributed by atoms with Crippen LogP contribution in [0.25, 0.3) is 6.08 Å². The topological polar surface area (TPSA) is 0 Å². The molecule has 2 rings (SSSR count). The predicted octanol–water partition coefficient (Wildman–Crippen LogP) is 1.78. The molecule has 0 N–H and O–H groups in total. The molecule has 0 bridgehead atoms. The molecule has 0 fully saturated rings. The lowest BCUT2D eigenvalue weighted by Crippen LogP contribution is -3.00. The van der Waals surface area contributed by atoms with Crippen LogP contribution in [0.1, 0.15) is 11.1 Å². The molecule has 2 heteroatoms. The first-order valence-corrected chi connectivity index (χ1v) is 7.22. The summed E-state index contributed by atoms with van der Waals surface area (Å²) in [5.74, 6) is 0. The van der Waals surface area contributed by atoms with Gasteiger partial charge < -0.3 is 16.9 Å². The molecule has 22 heavy (non-hydrogen) atoms. The maximum absolute atomic E-state index is 3.77. The van der Waals surface area contributed by atoms with E-state index in [0.717, 1.165) is 17.6 Å². The Morgan fingerprint density at radius 1 is 0.864 bits per heavy atom. The zero-order valence-corrected chi connectivity index (χ0v) is 14.3. The zero-order valence-electron chi connectivity index (χ0n) is 13.6. The highest BCUT2D eigenvalue weighted by Gasteiger charge is 2.12. The third-order valence-corrected chi connectivity index (χ3v) is 3.11. The van der Waals surface area contributed by atoms with Crippen molar-refractivity contribution in [1.82, 2.24) is 0 Å². The van der Waals surface area contributed by atoms with E-state index in [1.165, 1.54) is 11.1 Å². The van der Waals surface area contributed by atoms with Crippen LogP contribution in [0, 0.1) is 0 Å². The van der Waals surface area contributed by atoms with Gasteiger partial charge in [-0.25, -0.2) is 0 Å². The summed E-state index contributed by atoms with van der Waals surface area (Å²) < 4.78 is 0.966. The average Bonchev–Trinajstić information content (AvgIpc) is 2.49. The molecule has 0 aliphatic heterocycles. The molecule has 2 aromatic carbocycles. The van der Waals surface area contributed by atoms with Crippen molar-refractivity contribution >= 4 is 6.08 Å². The number of rotatable bonds is 5. The van der Waals surface area contributed by atoms with Gasteiger partial charge in [0.1, 0.15) is 6.54 Å². The first-order valence-electron chi connectivity index (χ1n) is 7.22. The van der Waals surface area contributed by atoms with Gasteiger partial charge in [-0.1, -0.05) is 79.9 Å². The van der Waals surface area contributed by atoms with Gasteiger partial charge in [-0.15, -0.1) is 0 Å². The van der Waals surface area contributed by atoms with Crippen LogP contribution in [0.4, 0.5) is 0 Å². The third-order valence-electron chi connectivity index (χ3n) is 3.11. The number of likely N-dealkylation sites (N-methyl/N-ethyl adjacent to an activating group) is 1. The van der Waals surface area contributed by atoms with Crippen LogP contribution in [-0.2, 0) is 6.54 Å². The van der Waals surface area contributed by atoms with Gasteiger partial charge in [0.05, 0.1) is 20.6 Å². The molecule has 0 aliphatic rings. The van der Waals surface area contributed by atoms with Crippen molar-refractivity contribution in [2.45, 2.75) is 6.54 Å². The standard InChI is InChI=1S/C12H18N.C8H8.ClH/c1-4-10-13(2,3)11-12-8-6-5-7-9-12;1-2-8-6-4-3-5-7-8;/h4-9H,1,10-11H2,2-3H3;2-7H,1H2;1H/q+1;;/p-1. The summed E-state index contributed by atoms with van der Waals surface area (Å²) in [4.78, 5) is 0. The lowest BCUT2D eigenvalue weighted by molar-refractivity contribution is -0.897. The Balaban J connectivity index is 0.000000423. The average molecular weight is 316 g/mol. The summed E-state index contributed by atoms with van der Waals surface area (Å²) >= 11 is 0. The van der Waals surface area contributed by atoms with Crippen LogP contribution >= 0.6 is 0 Å². The second-order valence-electron chi connectivity index (χ2n) is 5.67. The summed E-state index contributed by atoms with van der Waals surface area (Å²) in [6.45, 7) is 9.47.